The van der Waals surface area contributed by atoms with E-state index in [0.717, 1.165) is 37.6 Å². The van der Waals surface area contributed by atoms with Crippen molar-refractivity contribution in [2.45, 2.75) is 45.7 Å². The van der Waals surface area contributed by atoms with E-state index >= 15 is 0 Å². The molecule has 0 N–H and O–H groups in total. The molecule has 0 bridgehead atoms. The minimum atomic E-state index is -4.43. The quantitative estimate of drug-likeness (QED) is 0.277. The van der Waals surface area contributed by atoms with E-state index in [1.54, 1.807) is 26.4 Å². The first-order valence-electron chi connectivity index (χ1n) is 10.8. The summed E-state index contributed by atoms with van der Waals surface area (Å²) in [5.41, 5.74) is 3.96. The minimum absolute atomic E-state index is 0.0715. The predicted octanol–water partition coefficient (Wildman–Crippen LogP) is 8.91. The van der Waals surface area contributed by atoms with E-state index in [0.29, 0.717) is 11.3 Å². The zero-order valence-corrected chi connectivity index (χ0v) is 21.8. The molecule has 3 aromatic carbocycles. The van der Waals surface area contributed by atoms with Gasteiger partial charge in [0.1, 0.15) is 11.5 Å². The molecule has 0 saturated heterocycles. The highest BCUT2D eigenvalue weighted by Crippen LogP contribution is 2.48. The molecule has 0 spiro atoms. The smallest absolute Gasteiger partial charge is 0.417 e. The van der Waals surface area contributed by atoms with Gasteiger partial charge in [0.25, 0.3) is 0 Å². The topological polar surface area (TPSA) is 18.5 Å². The molecule has 3 aromatic rings. The third-order valence-electron chi connectivity index (χ3n) is 5.74. The van der Waals surface area contributed by atoms with Crippen LogP contribution in [0.3, 0.4) is 0 Å². The maximum Gasteiger partial charge on any atom is 0.417 e. The van der Waals surface area contributed by atoms with Gasteiger partial charge < -0.3 is 9.47 Å². The molecule has 176 valence electrons. The maximum atomic E-state index is 13.8. The van der Waals surface area contributed by atoms with E-state index < -0.39 is 11.7 Å². The van der Waals surface area contributed by atoms with Gasteiger partial charge >= 0.3 is 6.18 Å². The molecule has 0 heterocycles. The first kappa shape index (κ1) is 25.4. The van der Waals surface area contributed by atoms with Gasteiger partial charge in [0, 0.05) is 5.56 Å². The Labute approximate surface area is 207 Å². The molecule has 0 amide bonds. The third kappa shape index (κ3) is 5.00. The van der Waals surface area contributed by atoms with Crippen molar-refractivity contribution in [1.29, 1.82) is 0 Å². The van der Waals surface area contributed by atoms with Crippen molar-refractivity contribution in [3.05, 3.63) is 68.8 Å². The molecule has 3 rings (SSSR count). The van der Waals surface area contributed by atoms with Gasteiger partial charge in [0.15, 0.2) is 0 Å². The average Bonchev–Trinajstić information content (AvgIpc) is 2.77. The Balaban J connectivity index is 2.44. The van der Waals surface area contributed by atoms with Gasteiger partial charge in [-0.3, -0.25) is 0 Å². The van der Waals surface area contributed by atoms with Crippen LogP contribution in [0.5, 0.6) is 11.5 Å². The zero-order valence-electron chi connectivity index (χ0n) is 19.6. The number of hydrogen-bond donors (Lipinski definition) is 0. The maximum absolute atomic E-state index is 13.8. The molecule has 0 saturated carbocycles. The number of methoxy groups -OCH3 is 2. The second kappa shape index (κ2) is 9.95. The Morgan fingerprint density at radius 1 is 0.758 bits per heavy atom. The molecule has 0 atom stereocenters. The number of halogens is 4. The highest BCUT2D eigenvalue weighted by molar-refractivity contribution is 14.1. The van der Waals surface area contributed by atoms with E-state index in [1.165, 1.54) is 6.07 Å². The summed E-state index contributed by atoms with van der Waals surface area (Å²) in [7, 11) is 3.25. The van der Waals surface area contributed by atoms with Crippen molar-refractivity contribution < 1.29 is 22.6 Å². The van der Waals surface area contributed by atoms with Gasteiger partial charge in [-0.2, -0.15) is 13.2 Å². The molecule has 0 radical (unpaired) electrons. The summed E-state index contributed by atoms with van der Waals surface area (Å²) in [6.07, 6.45) is -4.43. The van der Waals surface area contributed by atoms with Crippen LogP contribution in [0.25, 0.3) is 22.3 Å². The fraction of sp³-hybridized carbons (Fsp3) is 0.333. The standard InChI is InChI=1S/C27H28F3IO2/c1-15(2)19-13-17(18-9-7-8-10-21(18)27(28,29)30)14-20(16(3)4)24(19)25-22(32-5)11-12-23(33-6)26(25)31/h7-16H,1-6H3. The summed E-state index contributed by atoms with van der Waals surface area (Å²) in [6, 6.07) is 13.3. The molecular formula is C27H28F3IO2. The van der Waals surface area contributed by atoms with Crippen molar-refractivity contribution in [3.63, 3.8) is 0 Å². The third-order valence-corrected chi connectivity index (χ3v) is 6.82. The van der Waals surface area contributed by atoms with Crippen LogP contribution in [0.4, 0.5) is 13.2 Å². The molecule has 0 aliphatic heterocycles. The van der Waals surface area contributed by atoms with Gasteiger partial charge in [0.2, 0.25) is 0 Å². The van der Waals surface area contributed by atoms with Crippen LogP contribution in [0, 0.1) is 3.57 Å². The van der Waals surface area contributed by atoms with Crippen LogP contribution < -0.4 is 9.47 Å². The summed E-state index contributed by atoms with van der Waals surface area (Å²) >= 11 is 2.26. The van der Waals surface area contributed by atoms with Crippen LogP contribution in [0.15, 0.2) is 48.5 Å². The SMILES string of the molecule is COc1ccc(OC)c(-c2c(C(C)C)cc(-c3ccccc3C(F)(F)F)cc2C(C)C)c1I. The minimum Gasteiger partial charge on any atom is -0.496 e. The number of ether oxygens (including phenoxy) is 2. The number of rotatable bonds is 6. The van der Waals surface area contributed by atoms with Gasteiger partial charge in [-0.25, -0.2) is 0 Å². The first-order chi connectivity index (χ1) is 15.5. The lowest BCUT2D eigenvalue weighted by atomic mass is 9.81. The summed E-state index contributed by atoms with van der Waals surface area (Å²) in [4.78, 5) is 0. The number of alkyl halides is 3. The fourth-order valence-electron chi connectivity index (χ4n) is 4.12. The molecule has 6 heteroatoms. The number of hydrogen-bond acceptors (Lipinski definition) is 2. The van der Waals surface area contributed by atoms with Crippen LogP contribution in [0.1, 0.15) is 56.2 Å². The Hall–Kier alpha value is -2.22. The van der Waals surface area contributed by atoms with Crippen LogP contribution in [-0.4, -0.2) is 14.2 Å². The van der Waals surface area contributed by atoms with Crippen molar-refractivity contribution in [2.24, 2.45) is 0 Å². The predicted molar refractivity (Wildman–Crippen MR) is 136 cm³/mol. The van der Waals surface area contributed by atoms with Crippen molar-refractivity contribution in [2.75, 3.05) is 14.2 Å². The second-order valence-electron chi connectivity index (χ2n) is 8.54. The van der Waals surface area contributed by atoms with E-state index in [1.807, 2.05) is 24.3 Å². The summed E-state index contributed by atoms with van der Waals surface area (Å²) < 4.78 is 53.6. The van der Waals surface area contributed by atoms with Gasteiger partial charge in [-0.15, -0.1) is 0 Å². The van der Waals surface area contributed by atoms with Crippen molar-refractivity contribution in [1.82, 2.24) is 0 Å². The average molecular weight is 568 g/mol. The van der Waals surface area contributed by atoms with Crippen LogP contribution in [-0.2, 0) is 6.18 Å². The molecule has 33 heavy (non-hydrogen) atoms. The highest BCUT2D eigenvalue weighted by atomic mass is 127. The molecule has 0 unspecified atom stereocenters. The largest absolute Gasteiger partial charge is 0.496 e. The van der Waals surface area contributed by atoms with Crippen LogP contribution >= 0.6 is 22.6 Å². The molecular weight excluding hydrogens is 540 g/mol. The Morgan fingerprint density at radius 2 is 1.27 bits per heavy atom. The normalized spacial score (nSPS) is 11.9. The summed E-state index contributed by atoms with van der Waals surface area (Å²) in [5.74, 6) is 1.57. The molecule has 0 aromatic heterocycles. The highest BCUT2D eigenvalue weighted by Gasteiger charge is 2.34. The zero-order chi connectivity index (χ0) is 24.5. The molecule has 0 aliphatic rings. The Morgan fingerprint density at radius 3 is 1.76 bits per heavy atom. The lowest BCUT2D eigenvalue weighted by Gasteiger charge is -2.25. The van der Waals surface area contributed by atoms with Gasteiger partial charge in [0.05, 0.1) is 23.4 Å². The van der Waals surface area contributed by atoms with E-state index in [9.17, 15) is 13.2 Å². The fourth-order valence-corrected chi connectivity index (χ4v) is 5.06. The molecule has 0 aliphatic carbocycles. The second-order valence-corrected chi connectivity index (χ2v) is 9.62. The monoisotopic (exact) mass is 568 g/mol. The lowest BCUT2D eigenvalue weighted by molar-refractivity contribution is -0.137. The van der Waals surface area contributed by atoms with Crippen molar-refractivity contribution >= 4 is 22.6 Å². The lowest BCUT2D eigenvalue weighted by Crippen LogP contribution is -2.08. The van der Waals surface area contributed by atoms with Crippen molar-refractivity contribution in [3.8, 4) is 33.8 Å². The summed E-state index contributed by atoms with van der Waals surface area (Å²) in [5, 5.41) is 0. The number of benzene rings is 3. The van der Waals surface area contributed by atoms with E-state index in [4.69, 9.17) is 9.47 Å². The van der Waals surface area contributed by atoms with Gasteiger partial charge in [-0.1, -0.05) is 58.0 Å². The first-order valence-corrected chi connectivity index (χ1v) is 11.8. The Kier molecular flexibility index (Phi) is 7.66. The van der Waals surface area contributed by atoms with Crippen LogP contribution in [0.2, 0.25) is 0 Å². The van der Waals surface area contributed by atoms with Gasteiger partial charge in [-0.05, 0) is 80.4 Å². The molecule has 2 nitrogen and oxygen atoms in total. The molecule has 0 fully saturated rings. The van der Waals surface area contributed by atoms with E-state index in [-0.39, 0.29) is 17.4 Å². The Bertz CT molecular complexity index is 1120. The van der Waals surface area contributed by atoms with E-state index in [2.05, 4.69) is 50.3 Å². The summed E-state index contributed by atoms with van der Waals surface area (Å²) in [6.45, 7) is 8.23.